The van der Waals surface area contributed by atoms with Crippen LogP contribution in [0, 0.1) is 0 Å². The van der Waals surface area contributed by atoms with Gasteiger partial charge < -0.3 is 65.1 Å². The van der Waals surface area contributed by atoms with Crippen molar-refractivity contribution in [2.75, 3.05) is 19.8 Å². The maximum atomic E-state index is 13.2. The van der Waals surface area contributed by atoms with Crippen molar-refractivity contribution in [3.63, 3.8) is 0 Å². The van der Waals surface area contributed by atoms with Gasteiger partial charge in [0, 0.05) is 6.42 Å². The Hall–Kier alpha value is -3.09. The third-order valence-corrected chi connectivity index (χ3v) is 13.8. The van der Waals surface area contributed by atoms with Gasteiger partial charge in [-0.05, 0) is 77.0 Å². The molecule has 436 valence electrons. The van der Waals surface area contributed by atoms with Gasteiger partial charge in [-0.1, -0.05) is 207 Å². The largest absolute Gasteiger partial charge is 0.394 e. The molecule has 2 aliphatic rings. The summed E-state index contributed by atoms with van der Waals surface area (Å²) in [6.07, 6.45) is 47.4. The summed E-state index contributed by atoms with van der Waals surface area (Å²) in [5, 5.41) is 86.8. The van der Waals surface area contributed by atoms with Crippen LogP contribution in [0.3, 0.4) is 0 Å². The molecular formula is C62H105NO13. The lowest BCUT2D eigenvalue weighted by molar-refractivity contribution is -0.359. The molecule has 9 N–H and O–H groups in total. The lowest BCUT2D eigenvalue weighted by Crippen LogP contribution is -2.65. The van der Waals surface area contributed by atoms with Gasteiger partial charge in [-0.2, -0.15) is 0 Å². The number of ether oxygens (including phenoxy) is 4. The first-order valence-electron chi connectivity index (χ1n) is 29.5. The molecule has 76 heavy (non-hydrogen) atoms. The predicted molar refractivity (Wildman–Crippen MR) is 304 cm³/mol. The average Bonchev–Trinajstić information content (AvgIpc) is 3.42. The van der Waals surface area contributed by atoms with E-state index < -0.39 is 86.8 Å². The highest BCUT2D eigenvalue weighted by Gasteiger charge is 2.51. The molecule has 12 atom stereocenters. The van der Waals surface area contributed by atoms with Crippen molar-refractivity contribution < 1.29 is 64.6 Å². The van der Waals surface area contributed by atoms with Crippen LogP contribution in [0.25, 0.3) is 0 Å². The topological polar surface area (TPSA) is 228 Å². The van der Waals surface area contributed by atoms with Gasteiger partial charge in [-0.15, -0.1) is 0 Å². The average molecular weight is 1070 g/mol. The van der Waals surface area contributed by atoms with E-state index in [1.165, 1.54) is 51.4 Å². The third-order valence-electron chi connectivity index (χ3n) is 13.8. The number of carbonyl (C=O) groups is 1. The fourth-order valence-electron chi connectivity index (χ4n) is 9.07. The second-order valence-electron chi connectivity index (χ2n) is 20.4. The molecule has 0 radical (unpaired) electrons. The maximum absolute atomic E-state index is 13.2. The van der Waals surface area contributed by atoms with Gasteiger partial charge in [0.1, 0.15) is 48.8 Å². The Balaban J connectivity index is 1.60. The van der Waals surface area contributed by atoms with Crippen LogP contribution in [0.5, 0.6) is 0 Å². The number of aliphatic hydroxyl groups excluding tert-OH is 8. The van der Waals surface area contributed by atoms with E-state index in [4.69, 9.17) is 18.9 Å². The van der Waals surface area contributed by atoms with Gasteiger partial charge in [0.05, 0.1) is 32.0 Å². The lowest BCUT2D eigenvalue weighted by Gasteiger charge is -2.46. The first kappa shape index (κ1) is 69.0. The maximum Gasteiger partial charge on any atom is 0.220 e. The molecule has 0 aliphatic carbocycles. The zero-order valence-corrected chi connectivity index (χ0v) is 46.7. The van der Waals surface area contributed by atoms with Crippen LogP contribution in [0.4, 0.5) is 0 Å². The highest BCUT2D eigenvalue weighted by molar-refractivity contribution is 5.76. The summed E-state index contributed by atoms with van der Waals surface area (Å²) < 4.78 is 22.7. The van der Waals surface area contributed by atoms with Crippen LogP contribution in [0.1, 0.15) is 194 Å². The molecule has 2 fully saturated rings. The number of rotatable bonds is 45. The molecular weight excluding hydrogens is 967 g/mol. The van der Waals surface area contributed by atoms with E-state index in [0.29, 0.717) is 19.3 Å². The summed E-state index contributed by atoms with van der Waals surface area (Å²) in [6, 6.07) is -0.834. The molecule has 2 rings (SSSR count). The molecule has 12 unspecified atom stereocenters. The molecule has 0 saturated carbocycles. The number of carbonyl (C=O) groups excluding carboxylic acids is 1. The van der Waals surface area contributed by atoms with E-state index in [-0.39, 0.29) is 12.5 Å². The Morgan fingerprint density at radius 1 is 0.487 bits per heavy atom. The number of aliphatic hydroxyl groups is 8. The molecule has 0 aromatic heterocycles. The quantitative estimate of drug-likeness (QED) is 0.0205. The van der Waals surface area contributed by atoms with E-state index in [9.17, 15) is 45.6 Å². The van der Waals surface area contributed by atoms with Crippen molar-refractivity contribution >= 4 is 5.91 Å². The SMILES string of the molecule is CC/C=C\C/C=C\C/C=C\C/C=C\C/C=C\C/C=C\C/C=C\C/C=C\CCCCCCCCCCCCC(=O)NC(COC1OC(CO)C(OC2OC(CO)C(O)C(O)C2O)C(O)C1O)C(O)CCCCCCCCC. The van der Waals surface area contributed by atoms with Gasteiger partial charge in [-0.3, -0.25) is 4.79 Å². The van der Waals surface area contributed by atoms with Crippen LogP contribution in [-0.2, 0) is 23.7 Å². The summed E-state index contributed by atoms with van der Waals surface area (Å²) in [7, 11) is 0. The van der Waals surface area contributed by atoms with Crippen LogP contribution < -0.4 is 5.32 Å². The number of hydrogen-bond donors (Lipinski definition) is 9. The predicted octanol–water partition coefficient (Wildman–Crippen LogP) is 9.88. The molecule has 0 spiro atoms. The van der Waals surface area contributed by atoms with E-state index in [1.807, 2.05) is 0 Å². The highest BCUT2D eigenvalue weighted by Crippen LogP contribution is 2.30. The number of amides is 1. The molecule has 1 amide bonds. The lowest BCUT2D eigenvalue weighted by atomic mass is 9.97. The van der Waals surface area contributed by atoms with Gasteiger partial charge >= 0.3 is 0 Å². The number of allylic oxidation sites excluding steroid dienone is 16. The van der Waals surface area contributed by atoms with Gasteiger partial charge in [0.25, 0.3) is 0 Å². The summed E-state index contributed by atoms with van der Waals surface area (Å²) in [4.78, 5) is 13.2. The first-order valence-corrected chi connectivity index (χ1v) is 29.5. The second-order valence-corrected chi connectivity index (χ2v) is 20.4. The van der Waals surface area contributed by atoms with E-state index in [0.717, 1.165) is 109 Å². The van der Waals surface area contributed by atoms with Gasteiger partial charge in [-0.25, -0.2) is 0 Å². The molecule has 2 aliphatic heterocycles. The van der Waals surface area contributed by atoms with Crippen molar-refractivity contribution in [2.45, 2.75) is 267 Å². The van der Waals surface area contributed by atoms with E-state index >= 15 is 0 Å². The normalized spacial score (nSPS) is 25.6. The first-order chi connectivity index (χ1) is 37.1. The zero-order chi connectivity index (χ0) is 55.3. The second kappa shape index (κ2) is 46.8. The molecule has 2 saturated heterocycles. The minimum absolute atomic E-state index is 0.221. The van der Waals surface area contributed by atoms with Crippen LogP contribution in [-0.4, -0.2) is 140 Å². The van der Waals surface area contributed by atoms with E-state index in [1.54, 1.807) is 0 Å². The summed E-state index contributed by atoms with van der Waals surface area (Å²) >= 11 is 0. The number of hydrogen-bond acceptors (Lipinski definition) is 13. The van der Waals surface area contributed by atoms with Crippen molar-refractivity contribution in [3.05, 3.63) is 97.2 Å². The Morgan fingerprint density at radius 3 is 1.39 bits per heavy atom. The van der Waals surface area contributed by atoms with Crippen molar-refractivity contribution in [1.82, 2.24) is 5.32 Å². The molecule has 0 bridgehead atoms. The van der Waals surface area contributed by atoms with E-state index in [2.05, 4.69) is 116 Å². The molecule has 0 aromatic rings. The Bertz CT molecular complexity index is 1640. The Morgan fingerprint density at radius 2 is 0.908 bits per heavy atom. The van der Waals surface area contributed by atoms with Crippen LogP contribution in [0.15, 0.2) is 97.2 Å². The van der Waals surface area contributed by atoms with Crippen molar-refractivity contribution in [3.8, 4) is 0 Å². The van der Waals surface area contributed by atoms with Crippen LogP contribution >= 0.6 is 0 Å². The van der Waals surface area contributed by atoms with Crippen molar-refractivity contribution in [2.24, 2.45) is 0 Å². The number of unbranched alkanes of at least 4 members (excludes halogenated alkanes) is 16. The number of nitrogens with one attached hydrogen (secondary N) is 1. The minimum Gasteiger partial charge on any atom is -0.394 e. The summed E-state index contributed by atoms with van der Waals surface area (Å²) in [5.41, 5.74) is 0. The molecule has 2 heterocycles. The van der Waals surface area contributed by atoms with Gasteiger partial charge in [0.2, 0.25) is 5.91 Å². The zero-order valence-electron chi connectivity index (χ0n) is 46.7. The Labute approximate surface area is 458 Å². The standard InChI is InChI=1S/C62H105NO13/c1-3-5-7-9-11-12-13-14-15-16-17-18-19-20-21-22-23-24-25-26-27-28-29-30-31-32-33-34-35-36-37-38-40-42-44-46-54(67)63-50(51(66)45-43-41-39-10-8-6-4-2)49-73-61-59(72)57(70)60(53(48-65)75-61)76-62-58(71)56(69)55(68)52(47-64)74-62/h5,7,11-12,14-15,17-18,20-21,23-24,26-27,29-30,50-53,55-62,64-66,68-72H,3-4,6,8-10,13,16,19,22,25,28,31-49H2,1-2H3,(H,63,67)/b7-5-,12-11-,15-14-,18-17-,21-20-,24-23-,27-26-,30-29-. The fourth-order valence-corrected chi connectivity index (χ4v) is 9.07. The molecule has 0 aromatic carbocycles. The van der Waals surface area contributed by atoms with Gasteiger partial charge in [0.15, 0.2) is 12.6 Å². The monoisotopic (exact) mass is 1070 g/mol. The summed E-state index contributed by atoms with van der Waals surface area (Å²) in [6.45, 7) is 2.66. The fraction of sp³-hybridized carbons (Fsp3) is 0.726. The van der Waals surface area contributed by atoms with Crippen LogP contribution in [0.2, 0.25) is 0 Å². The smallest absolute Gasteiger partial charge is 0.220 e. The summed E-state index contributed by atoms with van der Waals surface area (Å²) in [5.74, 6) is -0.221. The Kier molecular flexibility index (Phi) is 42.5. The minimum atomic E-state index is -1.78. The van der Waals surface area contributed by atoms with Crippen molar-refractivity contribution in [1.29, 1.82) is 0 Å². The molecule has 14 heteroatoms. The third kappa shape index (κ3) is 32.1. The highest BCUT2D eigenvalue weighted by atomic mass is 16.7. The molecule has 14 nitrogen and oxygen atoms in total.